The van der Waals surface area contributed by atoms with Crippen molar-refractivity contribution in [3.8, 4) is 22.4 Å². The van der Waals surface area contributed by atoms with E-state index < -0.39 is 6.10 Å². The van der Waals surface area contributed by atoms with E-state index in [1.165, 1.54) is 18.4 Å². The summed E-state index contributed by atoms with van der Waals surface area (Å²) < 4.78 is 1.50. The largest absolute Gasteiger partial charge is 0.384 e. The van der Waals surface area contributed by atoms with Crippen LogP contribution in [0.2, 0.25) is 0 Å². The molecule has 1 atom stereocenters. The normalized spacial score (nSPS) is 16.0. The summed E-state index contributed by atoms with van der Waals surface area (Å²) in [6.07, 6.45) is 3.64. The highest BCUT2D eigenvalue weighted by Gasteiger charge is 2.31. The van der Waals surface area contributed by atoms with E-state index in [2.05, 4.69) is 22.3 Å². The molecule has 0 aliphatic carbocycles. The monoisotopic (exact) mass is 538 g/mol. The zero-order chi connectivity index (χ0) is 28.1. The van der Waals surface area contributed by atoms with Gasteiger partial charge < -0.3 is 26.4 Å². The average Bonchev–Trinajstić information content (AvgIpc) is 3.54. The second-order valence-corrected chi connectivity index (χ2v) is 10.3. The summed E-state index contributed by atoms with van der Waals surface area (Å²) in [7, 11) is 0. The number of nitrogens with zero attached hydrogens (tertiary/aromatic N) is 5. The quantitative estimate of drug-likeness (QED) is 0.279. The Labute approximate surface area is 230 Å². The number of anilines is 3. The lowest BCUT2D eigenvalue weighted by Crippen LogP contribution is -2.42. The van der Waals surface area contributed by atoms with Crippen molar-refractivity contribution in [1.29, 1.82) is 0 Å². The number of aliphatic hydroxyl groups excluding tert-OH is 1. The van der Waals surface area contributed by atoms with Gasteiger partial charge in [0.05, 0.1) is 34.5 Å². The van der Waals surface area contributed by atoms with Crippen LogP contribution < -0.4 is 16.4 Å². The minimum atomic E-state index is -1.04. The first kappa shape index (κ1) is 25.5. The van der Waals surface area contributed by atoms with E-state index in [9.17, 15) is 14.7 Å². The minimum absolute atomic E-state index is 0.0634. The summed E-state index contributed by atoms with van der Waals surface area (Å²) in [5.41, 5.74) is 13.3. The lowest BCUT2D eigenvalue weighted by Gasteiger charge is -2.33. The van der Waals surface area contributed by atoms with Crippen LogP contribution in [0.25, 0.3) is 28.0 Å². The van der Waals surface area contributed by atoms with Crippen molar-refractivity contribution in [2.45, 2.75) is 38.7 Å². The first-order chi connectivity index (χ1) is 19.2. The number of hydrogen-bond donors (Lipinski definition) is 4. The molecular formula is C29H30N8O3. The fourth-order valence-corrected chi connectivity index (χ4v) is 5.53. The summed E-state index contributed by atoms with van der Waals surface area (Å²) in [5, 5.41) is 20.5. The number of nitrogen functional groups attached to an aromatic ring is 1. The van der Waals surface area contributed by atoms with Gasteiger partial charge in [-0.1, -0.05) is 18.7 Å². The third kappa shape index (κ3) is 4.34. The number of nitrogens with one attached hydrogen (secondary N) is 2. The summed E-state index contributed by atoms with van der Waals surface area (Å²) in [4.78, 5) is 36.2. The molecule has 0 unspecified atom stereocenters. The third-order valence-corrected chi connectivity index (χ3v) is 7.57. The van der Waals surface area contributed by atoms with Crippen LogP contribution in [0.3, 0.4) is 0 Å². The van der Waals surface area contributed by atoms with Crippen molar-refractivity contribution in [2.75, 3.05) is 29.5 Å². The van der Waals surface area contributed by atoms with Gasteiger partial charge in [-0.05, 0) is 44.9 Å². The van der Waals surface area contributed by atoms with E-state index in [0.29, 0.717) is 42.8 Å². The number of pyridine rings is 1. The van der Waals surface area contributed by atoms with E-state index in [1.54, 1.807) is 17.3 Å². The number of hydrogen-bond acceptors (Lipinski definition) is 9. The van der Waals surface area contributed by atoms with Gasteiger partial charge in [-0.15, -0.1) is 0 Å². The smallest absolute Gasteiger partial charge is 0.251 e. The van der Waals surface area contributed by atoms with Crippen LogP contribution >= 0.6 is 0 Å². The van der Waals surface area contributed by atoms with Crippen LogP contribution in [-0.2, 0) is 4.79 Å². The number of Topliss-reactive ketones (excluding diaryl/α,β-unsaturated/α-hetero) is 1. The number of likely N-dealkylation sites (tertiary alicyclic amines) is 1. The fourth-order valence-electron chi connectivity index (χ4n) is 5.53. The Balaban J connectivity index is 1.33. The maximum absolute atomic E-state index is 12.7. The number of ketones is 1. The SMILES string of the molecule is C=C1Nc2ccc(-c3ccc(-c4cnn5c(N)c(C(C)=O)c(C6CCN(C(=O)[C@@H](C)O)CC6)nc45)cn3)cc2N1. The van der Waals surface area contributed by atoms with Gasteiger partial charge in [0, 0.05) is 41.9 Å². The number of aliphatic hydroxyl groups is 1. The van der Waals surface area contributed by atoms with E-state index in [4.69, 9.17) is 15.7 Å². The van der Waals surface area contributed by atoms with Crippen molar-refractivity contribution < 1.29 is 14.7 Å². The number of rotatable bonds is 5. The highest BCUT2D eigenvalue weighted by atomic mass is 16.3. The summed E-state index contributed by atoms with van der Waals surface area (Å²) in [6.45, 7) is 7.79. The van der Waals surface area contributed by atoms with Crippen LogP contribution in [0.4, 0.5) is 17.2 Å². The number of piperidine rings is 1. The van der Waals surface area contributed by atoms with Crippen molar-refractivity contribution >= 4 is 34.5 Å². The van der Waals surface area contributed by atoms with Gasteiger partial charge in [-0.25, -0.2) is 4.98 Å². The number of carbonyl (C=O) groups excluding carboxylic acids is 2. The standard InChI is InChI=1S/C29H30N8O3/c1-15(38)25-26(18-8-10-36(11-9-18)29(40)16(2)39)35-28-21(14-32-37(28)27(25)30)20-5-6-22(31-13-20)19-4-7-23-24(12-19)34-17(3)33-23/h4-7,12-14,16,18,33-34,39H,3,8-11,30H2,1-2H3/t16-/m1/s1. The zero-order valence-corrected chi connectivity index (χ0v) is 22.3. The highest BCUT2D eigenvalue weighted by molar-refractivity contribution is 6.00. The molecule has 5 heterocycles. The molecule has 0 spiro atoms. The zero-order valence-electron chi connectivity index (χ0n) is 22.3. The fraction of sp³-hybridized carbons (Fsp3) is 0.276. The Morgan fingerprint density at radius 3 is 2.50 bits per heavy atom. The Morgan fingerprint density at radius 2 is 1.82 bits per heavy atom. The predicted molar refractivity (Wildman–Crippen MR) is 153 cm³/mol. The molecule has 5 N–H and O–H groups in total. The van der Waals surface area contributed by atoms with Gasteiger partial charge in [0.1, 0.15) is 17.7 Å². The molecule has 1 aromatic carbocycles. The van der Waals surface area contributed by atoms with Crippen molar-refractivity contribution in [1.82, 2.24) is 24.5 Å². The molecule has 4 aromatic rings. The number of benzene rings is 1. The molecule has 1 saturated heterocycles. The van der Waals surface area contributed by atoms with Crippen molar-refractivity contribution in [3.05, 3.63) is 66.4 Å². The molecule has 1 fully saturated rings. The number of aromatic nitrogens is 4. The van der Waals surface area contributed by atoms with Gasteiger partial charge in [-0.2, -0.15) is 9.61 Å². The van der Waals surface area contributed by atoms with Crippen molar-refractivity contribution in [3.63, 3.8) is 0 Å². The van der Waals surface area contributed by atoms with Crippen LogP contribution in [0.5, 0.6) is 0 Å². The Kier molecular flexibility index (Phi) is 6.22. The Bertz CT molecular complexity index is 1670. The van der Waals surface area contributed by atoms with E-state index >= 15 is 0 Å². The van der Waals surface area contributed by atoms with E-state index in [-0.39, 0.29) is 23.4 Å². The van der Waals surface area contributed by atoms with Gasteiger partial charge in [-0.3, -0.25) is 14.6 Å². The first-order valence-electron chi connectivity index (χ1n) is 13.2. The third-order valence-electron chi connectivity index (χ3n) is 7.57. The van der Waals surface area contributed by atoms with Crippen LogP contribution in [0.1, 0.15) is 48.7 Å². The van der Waals surface area contributed by atoms with Gasteiger partial charge >= 0.3 is 0 Å². The lowest BCUT2D eigenvalue weighted by molar-refractivity contribution is -0.140. The average molecular weight is 539 g/mol. The van der Waals surface area contributed by atoms with E-state index in [0.717, 1.165) is 39.6 Å². The molecule has 0 bridgehead atoms. The molecule has 6 rings (SSSR count). The summed E-state index contributed by atoms with van der Waals surface area (Å²) >= 11 is 0. The molecule has 1 amide bonds. The van der Waals surface area contributed by atoms with Gasteiger partial charge in [0.15, 0.2) is 11.4 Å². The van der Waals surface area contributed by atoms with Crippen LogP contribution in [0, 0.1) is 0 Å². The van der Waals surface area contributed by atoms with Crippen LogP contribution in [0.15, 0.2) is 55.1 Å². The van der Waals surface area contributed by atoms with Gasteiger partial charge in [0.25, 0.3) is 5.91 Å². The second-order valence-electron chi connectivity index (χ2n) is 10.3. The molecule has 11 heteroatoms. The first-order valence-corrected chi connectivity index (χ1v) is 13.2. The highest BCUT2D eigenvalue weighted by Crippen LogP contribution is 2.36. The maximum Gasteiger partial charge on any atom is 0.251 e. The maximum atomic E-state index is 12.7. The number of nitrogens with two attached hydrogens (primary N) is 1. The molecule has 204 valence electrons. The molecule has 0 radical (unpaired) electrons. The molecule has 40 heavy (non-hydrogen) atoms. The molecule has 2 aliphatic heterocycles. The molecule has 11 nitrogen and oxygen atoms in total. The Morgan fingerprint density at radius 1 is 1.10 bits per heavy atom. The summed E-state index contributed by atoms with van der Waals surface area (Å²) in [5.74, 6) is 0.440. The Hall–Kier alpha value is -4.77. The topological polar surface area (TPSA) is 151 Å². The van der Waals surface area contributed by atoms with E-state index in [1.807, 2.05) is 30.3 Å². The van der Waals surface area contributed by atoms with Gasteiger partial charge in [0.2, 0.25) is 0 Å². The molecule has 0 saturated carbocycles. The van der Waals surface area contributed by atoms with Crippen LogP contribution in [-0.4, -0.2) is 60.5 Å². The second kappa shape index (κ2) is 9.76. The number of amides is 1. The molecule has 2 aliphatic rings. The molecular weight excluding hydrogens is 508 g/mol. The number of carbonyl (C=O) groups is 2. The predicted octanol–water partition coefficient (Wildman–Crippen LogP) is 3.64. The lowest BCUT2D eigenvalue weighted by atomic mass is 9.89. The molecule has 3 aromatic heterocycles. The van der Waals surface area contributed by atoms with Crippen molar-refractivity contribution in [2.24, 2.45) is 0 Å². The minimum Gasteiger partial charge on any atom is -0.384 e. The summed E-state index contributed by atoms with van der Waals surface area (Å²) in [6, 6.07) is 9.92. The number of fused-ring (bicyclic) bond motifs is 2.